The van der Waals surface area contributed by atoms with Crippen LogP contribution in [0.3, 0.4) is 0 Å². The van der Waals surface area contributed by atoms with Gasteiger partial charge >= 0.3 is 5.97 Å². The highest BCUT2D eigenvalue weighted by atomic mass is 16.5. The number of aromatic nitrogens is 2. The van der Waals surface area contributed by atoms with Crippen LogP contribution in [-0.4, -0.2) is 106 Å². The van der Waals surface area contributed by atoms with Crippen LogP contribution in [0.15, 0.2) is 53.5 Å². The summed E-state index contributed by atoms with van der Waals surface area (Å²) in [6.45, 7) is 6.25. The Morgan fingerprint density at radius 2 is 1.69 bits per heavy atom. The molecule has 4 aromatic rings. The fourth-order valence-corrected chi connectivity index (χ4v) is 6.51. The number of nitrogens with one attached hydrogen (secondary N) is 5. The van der Waals surface area contributed by atoms with Crippen molar-refractivity contribution in [3.63, 3.8) is 0 Å². The second kappa shape index (κ2) is 17.9. The van der Waals surface area contributed by atoms with E-state index in [1.54, 1.807) is 12.1 Å². The van der Waals surface area contributed by atoms with Crippen molar-refractivity contribution in [2.45, 2.75) is 51.7 Å². The molecule has 0 aliphatic carbocycles. The number of nitrogens with zero attached hydrogens (tertiary/aromatic N) is 2. The van der Waals surface area contributed by atoms with Crippen LogP contribution in [0.2, 0.25) is 0 Å². The minimum Gasteiger partial charge on any atom is -0.506 e. The van der Waals surface area contributed by atoms with Crippen molar-refractivity contribution in [2.75, 3.05) is 39.4 Å². The van der Waals surface area contributed by atoms with E-state index in [1.807, 2.05) is 44.3 Å². The van der Waals surface area contributed by atoms with Gasteiger partial charge in [-0.2, -0.15) is 0 Å². The van der Waals surface area contributed by atoms with Crippen molar-refractivity contribution in [1.29, 1.82) is 0 Å². The summed E-state index contributed by atoms with van der Waals surface area (Å²) in [6.07, 6.45) is 2.50. The maximum atomic E-state index is 14.0. The van der Waals surface area contributed by atoms with Gasteiger partial charge in [0.1, 0.15) is 29.9 Å². The Kier molecular flexibility index (Phi) is 13.1. The summed E-state index contributed by atoms with van der Waals surface area (Å²) in [7, 11) is 1.41. The Labute approximate surface area is 311 Å². The number of carbonyl (C=O) groups excluding carboxylic acids is 4. The number of aryl methyl sites for hydroxylation is 1. The van der Waals surface area contributed by atoms with Crippen molar-refractivity contribution in [3.05, 3.63) is 75.7 Å². The SMILES string of the molecule is CC(C)C[C@H](NC(=O)[C@H](Cc1c[nH]c2ccccc12)NC(=O)CCN1CCOCC1)C(=O)NCc1ccc2c(c1)c(O)c(C(=O)NCC(=O)O)c(=O)n2C. The number of hydrogen-bond donors (Lipinski definition) is 7. The number of ether oxygens (including phenoxy) is 1. The molecule has 5 rings (SSSR count). The molecule has 1 aliphatic rings. The van der Waals surface area contributed by atoms with E-state index in [0.717, 1.165) is 34.1 Å². The van der Waals surface area contributed by atoms with E-state index < -0.39 is 59.2 Å². The Morgan fingerprint density at radius 1 is 0.944 bits per heavy atom. The van der Waals surface area contributed by atoms with E-state index in [0.29, 0.717) is 37.3 Å². The molecule has 288 valence electrons. The molecule has 7 N–H and O–H groups in total. The van der Waals surface area contributed by atoms with Crippen molar-refractivity contribution in [2.24, 2.45) is 13.0 Å². The number of amides is 4. The van der Waals surface area contributed by atoms with E-state index in [-0.39, 0.29) is 36.6 Å². The average Bonchev–Trinajstić information content (AvgIpc) is 3.56. The number of pyridine rings is 1. The molecule has 2 atom stereocenters. The van der Waals surface area contributed by atoms with Crippen molar-refractivity contribution in [1.82, 2.24) is 35.7 Å². The summed E-state index contributed by atoms with van der Waals surface area (Å²) in [5.41, 5.74) is 1.13. The molecule has 0 bridgehead atoms. The Bertz CT molecular complexity index is 2080. The van der Waals surface area contributed by atoms with Gasteiger partial charge in [-0.1, -0.05) is 38.1 Å². The van der Waals surface area contributed by atoms with Gasteiger partial charge in [0.25, 0.3) is 11.5 Å². The molecule has 1 saturated heterocycles. The van der Waals surface area contributed by atoms with Crippen LogP contribution < -0.4 is 26.8 Å². The third-order valence-electron chi connectivity index (χ3n) is 9.38. The zero-order valence-electron chi connectivity index (χ0n) is 30.6. The number of H-pyrrole nitrogens is 1. The fraction of sp³-hybridized carbons (Fsp3) is 0.421. The highest BCUT2D eigenvalue weighted by Crippen LogP contribution is 2.27. The molecule has 1 aliphatic heterocycles. The van der Waals surface area contributed by atoms with Crippen LogP contribution in [0.25, 0.3) is 21.8 Å². The van der Waals surface area contributed by atoms with Crippen molar-refractivity contribution >= 4 is 51.4 Å². The predicted octanol–water partition coefficient (Wildman–Crippen LogP) is 1.14. The lowest BCUT2D eigenvalue weighted by atomic mass is 10.0. The quantitative estimate of drug-likeness (QED) is 0.0866. The molecule has 54 heavy (non-hydrogen) atoms. The molecule has 2 aromatic heterocycles. The molecule has 16 heteroatoms. The van der Waals surface area contributed by atoms with Gasteiger partial charge in [-0.05, 0) is 41.7 Å². The van der Waals surface area contributed by atoms with Crippen LogP contribution >= 0.6 is 0 Å². The van der Waals surface area contributed by atoms with Gasteiger partial charge in [0.2, 0.25) is 17.7 Å². The number of carbonyl (C=O) groups is 5. The van der Waals surface area contributed by atoms with Crippen LogP contribution in [0.5, 0.6) is 5.75 Å². The highest BCUT2D eigenvalue weighted by molar-refractivity contribution is 6.03. The standard InChI is InChI=1S/C38H47N7O9/c1-22(2)16-28(35(50)40-19-23-8-9-30-26(17-23)34(49)33(38(53)44(30)3)37(52)41-21-32(47)48)43-36(51)29(18-24-20-39-27-7-5-4-6-25(24)27)42-31(46)10-11-45-12-14-54-15-13-45/h4-9,17,20,22,28-29,39,49H,10-16,18-19,21H2,1-3H3,(H,40,50)(H,41,52)(H,42,46)(H,43,51)(H,47,48)/t28-,29-/m0/s1. The van der Waals surface area contributed by atoms with Crippen LogP contribution in [-0.2, 0) is 43.9 Å². The predicted molar refractivity (Wildman–Crippen MR) is 200 cm³/mol. The normalized spacial score (nSPS) is 14.4. The summed E-state index contributed by atoms with van der Waals surface area (Å²) in [6, 6.07) is 10.5. The Balaban J connectivity index is 1.31. The number of aromatic amines is 1. The first-order valence-electron chi connectivity index (χ1n) is 17.9. The number of morpholine rings is 1. The zero-order valence-corrected chi connectivity index (χ0v) is 30.6. The van der Waals surface area contributed by atoms with Crippen LogP contribution in [0, 0.1) is 5.92 Å². The number of aliphatic carboxylic acids is 1. The number of carboxylic acids is 1. The van der Waals surface area contributed by atoms with E-state index >= 15 is 0 Å². The van der Waals surface area contributed by atoms with Crippen molar-refractivity contribution < 1.29 is 38.9 Å². The van der Waals surface area contributed by atoms with Gasteiger partial charge in [0.05, 0.1) is 18.7 Å². The minimum absolute atomic E-state index is 0.0147. The molecular weight excluding hydrogens is 698 g/mol. The lowest BCUT2D eigenvalue weighted by molar-refractivity contribution is -0.135. The highest BCUT2D eigenvalue weighted by Gasteiger charge is 2.29. The number of carboxylic acid groups (broad SMARTS) is 1. The van der Waals surface area contributed by atoms with Gasteiger partial charge in [0.15, 0.2) is 0 Å². The third kappa shape index (κ3) is 9.81. The largest absolute Gasteiger partial charge is 0.506 e. The zero-order chi connectivity index (χ0) is 38.9. The minimum atomic E-state index is -1.32. The van der Waals surface area contributed by atoms with Gasteiger partial charge < -0.3 is 45.8 Å². The molecule has 3 heterocycles. The first-order valence-corrected chi connectivity index (χ1v) is 17.9. The number of hydrogen-bond acceptors (Lipinski definition) is 9. The number of aromatic hydroxyl groups is 1. The Hall–Kier alpha value is -5.74. The maximum Gasteiger partial charge on any atom is 0.322 e. The average molecular weight is 746 g/mol. The molecule has 0 radical (unpaired) electrons. The van der Waals surface area contributed by atoms with Gasteiger partial charge in [-0.15, -0.1) is 0 Å². The monoisotopic (exact) mass is 745 g/mol. The molecule has 1 fully saturated rings. The van der Waals surface area contributed by atoms with E-state index in [1.165, 1.54) is 13.1 Å². The number of rotatable bonds is 16. The van der Waals surface area contributed by atoms with Crippen molar-refractivity contribution in [3.8, 4) is 5.75 Å². The topological polar surface area (TPSA) is 224 Å². The first kappa shape index (κ1) is 39.5. The van der Waals surface area contributed by atoms with Gasteiger partial charge in [0, 0.05) is 68.6 Å². The molecular formula is C38H47N7O9. The number of para-hydroxylation sites is 1. The third-order valence-corrected chi connectivity index (χ3v) is 9.38. The number of benzene rings is 2. The van der Waals surface area contributed by atoms with E-state index in [2.05, 4.69) is 31.2 Å². The van der Waals surface area contributed by atoms with E-state index in [4.69, 9.17) is 9.84 Å². The molecule has 0 saturated carbocycles. The molecule has 2 aromatic carbocycles. The summed E-state index contributed by atoms with van der Waals surface area (Å²) in [5.74, 6) is -4.24. The molecule has 0 spiro atoms. The van der Waals surface area contributed by atoms with Gasteiger partial charge in [-0.25, -0.2) is 0 Å². The molecule has 16 nitrogen and oxygen atoms in total. The second-order valence-corrected chi connectivity index (χ2v) is 13.8. The lowest BCUT2D eigenvalue weighted by Gasteiger charge is -2.27. The molecule has 4 amide bonds. The van der Waals surface area contributed by atoms with E-state index in [9.17, 15) is 33.9 Å². The lowest BCUT2D eigenvalue weighted by Crippen LogP contribution is -2.54. The Morgan fingerprint density at radius 3 is 2.41 bits per heavy atom. The summed E-state index contributed by atoms with van der Waals surface area (Å²) in [4.78, 5) is 82.6. The van der Waals surface area contributed by atoms with Gasteiger partial charge in [-0.3, -0.25) is 33.7 Å². The first-order chi connectivity index (χ1) is 25.8. The molecule has 0 unspecified atom stereocenters. The number of fused-ring (bicyclic) bond motifs is 2. The fourth-order valence-electron chi connectivity index (χ4n) is 6.51. The summed E-state index contributed by atoms with van der Waals surface area (Å²) < 4.78 is 6.56. The smallest absolute Gasteiger partial charge is 0.322 e. The maximum absolute atomic E-state index is 14.0. The summed E-state index contributed by atoms with van der Waals surface area (Å²) >= 11 is 0. The summed E-state index contributed by atoms with van der Waals surface area (Å²) in [5, 5.41) is 31.7. The second-order valence-electron chi connectivity index (χ2n) is 13.8. The van der Waals surface area contributed by atoms with Crippen LogP contribution in [0.4, 0.5) is 0 Å². The van der Waals surface area contributed by atoms with Crippen LogP contribution in [0.1, 0.15) is 48.2 Å².